The Morgan fingerprint density at radius 2 is 1.93 bits per heavy atom. The number of hydrogen-bond acceptors (Lipinski definition) is 4. The van der Waals surface area contributed by atoms with Gasteiger partial charge in [0, 0.05) is 56.0 Å². The summed E-state index contributed by atoms with van der Waals surface area (Å²) in [6, 6.07) is 14.1. The minimum absolute atomic E-state index is 0.103. The maximum Gasteiger partial charge on any atom is 0.237 e. The minimum atomic E-state index is -0.117. The zero-order valence-electron chi connectivity index (χ0n) is 16.3. The zero-order valence-corrected chi connectivity index (χ0v) is 16.3. The molecule has 1 saturated heterocycles. The Balaban J connectivity index is 1.25. The Morgan fingerprint density at radius 1 is 1.14 bits per heavy atom. The number of rotatable bonds is 6. The third kappa shape index (κ3) is 4.02. The van der Waals surface area contributed by atoms with Crippen molar-refractivity contribution in [1.82, 2.24) is 20.2 Å². The largest absolute Gasteiger partial charge is 0.361 e. The lowest BCUT2D eigenvalue weighted by atomic mass is 10.1. The zero-order chi connectivity index (χ0) is 19.3. The van der Waals surface area contributed by atoms with Crippen LogP contribution in [-0.4, -0.2) is 59.5 Å². The van der Waals surface area contributed by atoms with Crippen LogP contribution in [0.25, 0.3) is 10.9 Å². The quantitative estimate of drug-likeness (QED) is 0.693. The average Bonchev–Trinajstić information content (AvgIpc) is 3.17. The molecule has 6 nitrogen and oxygen atoms in total. The van der Waals surface area contributed by atoms with Gasteiger partial charge in [-0.15, -0.1) is 0 Å². The predicted molar refractivity (Wildman–Crippen MR) is 112 cm³/mol. The van der Waals surface area contributed by atoms with Gasteiger partial charge < -0.3 is 15.2 Å². The molecule has 4 rings (SSSR count). The van der Waals surface area contributed by atoms with Crippen molar-refractivity contribution in [2.75, 3.05) is 37.6 Å². The number of amides is 1. The smallest absolute Gasteiger partial charge is 0.237 e. The van der Waals surface area contributed by atoms with Gasteiger partial charge in [-0.3, -0.25) is 9.69 Å². The first kappa shape index (κ1) is 18.5. The summed E-state index contributed by atoms with van der Waals surface area (Å²) in [6.07, 6.45) is 4.69. The standard InChI is InChI=1S/C22H27N5O/c1-17(26-12-14-27(15-13-26)21-8-4-5-10-23-21)22(28)24-11-9-18-16-25-20-7-3-2-6-19(18)20/h2-8,10,16-17,25H,9,11-15H2,1H3,(H,24,28). The van der Waals surface area contributed by atoms with Gasteiger partial charge in [0.15, 0.2) is 0 Å². The van der Waals surface area contributed by atoms with Crippen LogP contribution >= 0.6 is 0 Å². The second-order valence-corrected chi connectivity index (χ2v) is 7.29. The third-order valence-corrected chi connectivity index (χ3v) is 5.58. The van der Waals surface area contributed by atoms with Crippen LogP contribution < -0.4 is 10.2 Å². The molecular weight excluding hydrogens is 350 g/mol. The molecule has 28 heavy (non-hydrogen) atoms. The topological polar surface area (TPSA) is 64.3 Å². The number of hydrogen-bond donors (Lipinski definition) is 2. The number of pyridine rings is 1. The number of piperazine rings is 1. The van der Waals surface area contributed by atoms with Crippen LogP contribution in [0.1, 0.15) is 12.5 Å². The van der Waals surface area contributed by atoms with E-state index in [9.17, 15) is 4.79 Å². The number of anilines is 1. The molecule has 146 valence electrons. The van der Waals surface area contributed by atoms with Crippen molar-refractivity contribution in [3.63, 3.8) is 0 Å². The van der Waals surface area contributed by atoms with Crippen LogP contribution in [0.4, 0.5) is 5.82 Å². The molecule has 1 aliphatic heterocycles. The van der Waals surface area contributed by atoms with Crippen LogP contribution in [-0.2, 0) is 11.2 Å². The summed E-state index contributed by atoms with van der Waals surface area (Å²) in [4.78, 5) is 24.8. The van der Waals surface area contributed by atoms with Crippen molar-refractivity contribution in [1.29, 1.82) is 0 Å². The van der Waals surface area contributed by atoms with Gasteiger partial charge in [0.25, 0.3) is 0 Å². The number of nitrogens with one attached hydrogen (secondary N) is 2. The number of nitrogens with zero attached hydrogens (tertiary/aromatic N) is 3. The lowest BCUT2D eigenvalue weighted by Crippen LogP contribution is -2.54. The molecule has 1 fully saturated rings. The Kier molecular flexibility index (Phi) is 5.58. The highest BCUT2D eigenvalue weighted by molar-refractivity contribution is 5.83. The van der Waals surface area contributed by atoms with E-state index in [0.717, 1.165) is 43.9 Å². The second-order valence-electron chi connectivity index (χ2n) is 7.29. The first-order valence-corrected chi connectivity index (χ1v) is 9.95. The number of benzene rings is 1. The van der Waals surface area contributed by atoms with Crippen molar-refractivity contribution in [2.45, 2.75) is 19.4 Å². The summed E-state index contributed by atoms with van der Waals surface area (Å²) in [5.41, 5.74) is 2.38. The van der Waals surface area contributed by atoms with Gasteiger partial charge >= 0.3 is 0 Å². The molecule has 0 bridgehead atoms. The molecule has 2 aromatic heterocycles. The lowest BCUT2D eigenvalue weighted by Gasteiger charge is -2.37. The second kappa shape index (κ2) is 8.44. The van der Waals surface area contributed by atoms with E-state index in [0.29, 0.717) is 6.54 Å². The van der Waals surface area contributed by atoms with Crippen molar-refractivity contribution in [3.05, 3.63) is 60.4 Å². The molecule has 1 aromatic carbocycles. The Morgan fingerprint density at radius 3 is 2.71 bits per heavy atom. The molecule has 0 saturated carbocycles. The highest BCUT2D eigenvalue weighted by Crippen LogP contribution is 2.18. The molecule has 1 aliphatic rings. The van der Waals surface area contributed by atoms with Gasteiger partial charge in [-0.05, 0) is 37.1 Å². The Labute approximate surface area is 165 Å². The summed E-state index contributed by atoms with van der Waals surface area (Å²) >= 11 is 0. The summed E-state index contributed by atoms with van der Waals surface area (Å²) in [5, 5.41) is 4.34. The van der Waals surface area contributed by atoms with E-state index in [1.54, 1.807) is 0 Å². The first-order valence-electron chi connectivity index (χ1n) is 9.95. The maximum absolute atomic E-state index is 12.6. The molecule has 1 atom stereocenters. The van der Waals surface area contributed by atoms with E-state index < -0.39 is 0 Å². The molecule has 3 heterocycles. The summed E-state index contributed by atoms with van der Waals surface area (Å²) in [7, 11) is 0. The number of aromatic amines is 1. The van der Waals surface area contributed by atoms with Crippen LogP contribution in [0, 0.1) is 0 Å². The number of para-hydroxylation sites is 1. The van der Waals surface area contributed by atoms with Crippen LogP contribution in [0.2, 0.25) is 0 Å². The van der Waals surface area contributed by atoms with Crippen molar-refractivity contribution in [2.24, 2.45) is 0 Å². The normalized spacial score (nSPS) is 16.2. The highest BCUT2D eigenvalue weighted by Gasteiger charge is 2.25. The molecule has 0 spiro atoms. The Bertz CT molecular complexity index is 915. The minimum Gasteiger partial charge on any atom is -0.361 e. The van der Waals surface area contributed by atoms with Gasteiger partial charge in [0.1, 0.15) is 5.82 Å². The van der Waals surface area contributed by atoms with E-state index in [-0.39, 0.29) is 11.9 Å². The summed E-state index contributed by atoms with van der Waals surface area (Å²) in [6.45, 7) is 6.17. The van der Waals surface area contributed by atoms with E-state index in [2.05, 4.69) is 37.2 Å². The predicted octanol–water partition coefficient (Wildman–Crippen LogP) is 2.43. The van der Waals surface area contributed by atoms with Crippen molar-refractivity contribution < 1.29 is 4.79 Å². The lowest BCUT2D eigenvalue weighted by molar-refractivity contribution is -0.125. The molecule has 0 radical (unpaired) electrons. The molecule has 1 unspecified atom stereocenters. The fraction of sp³-hybridized carbons (Fsp3) is 0.364. The molecule has 0 aliphatic carbocycles. The molecule has 1 amide bonds. The third-order valence-electron chi connectivity index (χ3n) is 5.58. The van der Waals surface area contributed by atoms with E-state index in [1.807, 2.05) is 49.6 Å². The monoisotopic (exact) mass is 377 g/mol. The molecule has 6 heteroatoms. The fourth-order valence-corrected chi connectivity index (χ4v) is 3.85. The number of aromatic nitrogens is 2. The molecular formula is C22H27N5O. The first-order chi connectivity index (χ1) is 13.7. The number of fused-ring (bicyclic) bond motifs is 1. The highest BCUT2D eigenvalue weighted by atomic mass is 16.2. The van der Waals surface area contributed by atoms with E-state index in [4.69, 9.17) is 0 Å². The van der Waals surface area contributed by atoms with Crippen molar-refractivity contribution in [3.8, 4) is 0 Å². The Hall–Kier alpha value is -2.86. The fourth-order valence-electron chi connectivity index (χ4n) is 3.85. The van der Waals surface area contributed by atoms with Crippen LogP contribution in [0.5, 0.6) is 0 Å². The van der Waals surface area contributed by atoms with Crippen molar-refractivity contribution >= 4 is 22.6 Å². The average molecular weight is 377 g/mol. The number of H-pyrrole nitrogens is 1. The summed E-state index contributed by atoms with van der Waals surface area (Å²) < 4.78 is 0. The molecule has 2 N–H and O–H groups in total. The van der Waals surface area contributed by atoms with Gasteiger partial charge in [0.05, 0.1) is 6.04 Å². The molecule has 3 aromatic rings. The van der Waals surface area contributed by atoms with Gasteiger partial charge in [-0.2, -0.15) is 0 Å². The van der Waals surface area contributed by atoms with Crippen LogP contribution in [0.15, 0.2) is 54.9 Å². The van der Waals surface area contributed by atoms with Gasteiger partial charge in [-0.25, -0.2) is 4.98 Å². The summed E-state index contributed by atoms with van der Waals surface area (Å²) in [5.74, 6) is 1.11. The van der Waals surface area contributed by atoms with Gasteiger partial charge in [-0.1, -0.05) is 24.3 Å². The maximum atomic E-state index is 12.6. The number of carbonyl (C=O) groups is 1. The SMILES string of the molecule is CC(C(=O)NCCc1c[nH]c2ccccc12)N1CCN(c2ccccn2)CC1. The van der Waals surface area contributed by atoms with E-state index >= 15 is 0 Å². The van der Waals surface area contributed by atoms with E-state index in [1.165, 1.54) is 10.9 Å². The van der Waals surface area contributed by atoms with Crippen LogP contribution in [0.3, 0.4) is 0 Å². The van der Waals surface area contributed by atoms with Gasteiger partial charge in [0.2, 0.25) is 5.91 Å². The number of carbonyl (C=O) groups excluding carboxylic acids is 1.